The van der Waals surface area contributed by atoms with Gasteiger partial charge in [0.15, 0.2) is 0 Å². The number of hydrogen-bond acceptors (Lipinski definition) is 3. The Balaban J connectivity index is 1.97. The zero-order valence-electron chi connectivity index (χ0n) is 11.3. The van der Waals surface area contributed by atoms with E-state index in [0.29, 0.717) is 11.6 Å². The molecule has 2 aromatic rings. The summed E-state index contributed by atoms with van der Waals surface area (Å²) >= 11 is 6.06. The summed E-state index contributed by atoms with van der Waals surface area (Å²) in [5.74, 6) is -0.244. The predicted octanol–water partition coefficient (Wildman–Crippen LogP) is 3.75. The number of nitrogens with two attached hydrogens (primary N) is 1. The van der Waals surface area contributed by atoms with E-state index >= 15 is 0 Å². The van der Waals surface area contributed by atoms with Gasteiger partial charge in [-0.25, -0.2) is 4.39 Å². The molecule has 1 aliphatic heterocycles. The van der Waals surface area contributed by atoms with E-state index in [1.54, 1.807) is 12.1 Å². The minimum Gasteiger partial charge on any atom is -0.325 e. The lowest BCUT2D eigenvalue weighted by atomic mass is 10.0. The van der Waals surface area contributed by atoms with Crippen LogP contribution in [-0.2, 0) is 0 Å². The topological polar surface area (TPSA) is 41.6 Å². The Bertz CT molecular complexity index is 669. The van der Waals surface area contributed by atoms with Crippen molar-refractivity contribution in [3.05, 3.63) is 64.9 Å². The highest BCUT2D eigenvalue weighted by Crippen LogP contribution is 2.35. The fourth-order valence-electron chi connectivity index (χ4n) is 2.50. The van der Waals surface area contributed by atoms with Gasteiger partial charge in [-0.15, -0.1) is 0 Å². The van der Waals surface area contributed by atoms with Crippen LogP contribution >= 0.6 is 11.6 Å². The molecule has 1 heterocycles. The second kappa shape index (κ2) is 5.84. The molecule has 0 amide bonds. The number of anilines is 1. The van der Waals surface area contributed by atoms with Crippen LogP contribution < -0.4 is 10.7 Å². The Morgan fingerprint density at radius 3 is 2.67 bits per heavy atom. The molecule has 1 aliphatic rings. The molecule has 2 N–H and O–H groups in total. The molecule has 0 bridgehead atoms. The minimum atomic E-state index is -0.244. The Morgan fingerprint density at radius 2 is 2.00 bits per heavy atom. The molecule has 21 heavy (non-hydrogen) atoms. The highest BCUT2D eigenvalue weighted by Gasteiger charge is 2.28. The molecule has 1 atom stereocenters. The van der Waals surface area contributed by atoms with E-state index < -0.39 is 0 Å². The van der Waals surface area contributed by atoms with Crippen LogP contribution in [0.3, 0.4) is 0 Å². The minimum absolute atomic E-state index is 0.0163. The molecule has 3 nitrogen and oxygen atoms in total. The first-order valence-electron chi connectivity index (χ1n) is 6.74. The van der Waals surface area contributed by atoms with E-state index in [2.05, 4.69) is 5.10 Å². The van der Waals surface area contributed by atoms with Gasteiger partial charge in [-0.2, -0.15) is 5.10 Å². The van der Waals surface area contributed by atoms with Gasteiger partial charge in [0.1, 0.15) is 5.82 Å². The summed E-state index contributed by atoms with van der Waals surface area (Å²) in [4.78, 5) is 0. The average Bonchev–Trinajstić information content (AvgIpc) is 2.92. The van der Waals surface area contributed by atoms with E-state index in [9.17, 15) is 4.39 Å². The standard InChI is InChI=1S/C16H15ClFN3/c17-12-2-1-3-15(8-12)21-16(9-14(10-19)20-21)11-4-6-13(18)7-5-11/h1-8,16H,9-10,19H2. The van der Waals surface area contributed by atoms with Gasteiger partial charge in [0.2, 0.25) is 0 Å². The van der Waals surface area contributed by atoms with Crippen LogP contribution in [-0.4, -0.2) is 12.3 Å². The third-order valence-electron chi connectivity index (χ3n) is 3.54. The first-order valence-corrected chi connectivity index (χ1v) is 7.12. The van der Waals surface area contributed by atoms with Crippen LogP contribution in [0, 0.1) is 5.82 Å². The molecule has 0 radical (unpaired) electrons. The van der Waals surface area contributed by atoms with Crippen LogP contribution in [0.15, 0.2) is 53.6 Å². The number of halogens is 2. The van der Waals surface area contributed by atoms with E-state index in [1.165, 1.54) is 12.1 Å². The van der Waals surface area contributed by atoms with Crippen molar-refractivity contribution >= 4 is 23.0 Å². The van der Waals surface area contributed by atoms with Crippen LogP contribution in [0.2, 0.25) is 5.02 Å². The van der Waals surface area contributed by atoms with E-state index in [0.717, 1.165) is 23.4 Å². The molecule has 1 unspecified atom stereocenters. The molecular formula is C16H15ClFN3. The van der Waals surface area contributed by atoms with Gasteiger partial charge in [0.25, 0.3) is 0 Å². The largest absolute Gasteiger partial charge is 0.325 e. The number of rotatable bonds is 3. The quantitative estimate of drug-likeness (QED) is 0.938. The number of nitrogens with zero attached hydrogens (tertiary/aromatic N) is 2. The summed E-state index contributed by atoms with van der Waals surface area (Å²) in [7, 11) is 0. The van der Waals surface area contributed by atoms with Gasteiger partial charge >= 0.3 is 0 Å². The molecule has 108 valence electrons. The maximum Gasteiger partial charge on any atom is 0.123 e. The zero-order valence-corrected chi connectivity index (χ0v) is 12.1. The van der Waals surface area contributed by atoms with Crippen molar-refractivity contribution in [1.82, 2.24) is 0 Å². The molecular weight excluding hydrogens is 289 g/mol. The summed E-state index contributed by atoms with van der Waals surface area (Å²) in [6.07, 6.45) is 0.731. The smallest absolute Gasteiger partial charge is 0.123 e. The average molecular weight is 304 g/mol. The number of hydrazone groups is 1. The Kier molecular flexibility index (Phi) is 3.90. The van der Waals surface area contributed by atoms with Crippen molar-refractivity contribution in [3.63, 3.8) is 0 Å². The highest BCUT2D eigenvalue weighted by atomic mass is 35.5. The monoisotopic (exact) mass is 303 g/mol. The predicted molar refractivity (Wildman–Crippen MR) is 84.2 cm³/mol. The fraction of sp³-hybridized carbons (Fsp3) is 0.188. The number of hydrogen-bond donors (Lipinski definition) is 1. The highest BCUT2D eigenvalue weighted by molar-refractivity contribution is 6.30. The second-order valence-corrected chi connectivity index (χ2v) is 5.40. The van der Waals surface area contributed by atoms with Crippen molar-refractivity contribution < 1.29 is 4.39 Å². The van der Waals surface area contributed by atoms with Gasteiger partial charge < -0.3 is 5.73 Å². The van der Waals surface area contributed by atoms with Crippen LogP contribution in [0.5, 0.6) is 0 Å². The SMILES string of the molecule is NCC1=NN(c2cccc(Cl)c2)C(c2ccc(F)cc2)C1. The van der Waals surface area contributed by atoms with Crippen LogP contribution in [0.4, 0.5) is 10.1 Å². The first-order chi connectivity index (χ1) is 10.2. The summed E-state index contributed by atoms with van der Waals surface area (Å²) in [6, 6.07) is 14.0. The lowest BCUT2D eigenvalue weighted by Gasteiger charge is -2.24. The van der Waals surface area contributed by atoms with Crippen molar-refractivity contribution in [1.29, 1.82) is 0 Å². The van der Waals surface area contributed by atoms with Crippen molar-refractivity contribution in [2.75, 3.05) is 11.6 Å². The maximum absolute atomic E-state index is 13.1. The van der Waals surface area contributed by atoms with E-state index in [-0.39, 0.29) is 11.9 Å². The van der Waals surface area contributed by atoms with Gasteiger partial charge in [-0.1, -0.05) is 29.8 Å². The molecule has 0 saturated carbocycles. The first kappa shape index (κ1) is 14.0. The van der Waals surface area contributed by atoms with Crippen LogP contribution in [0.25, 0.3) is 0 Å². The van der Waals surface area contributed by atoms with Crippen molar-refractivity contribution in [2.24, 2.45) is 10.8 Å². The molecule has 2 aromatic carbocycles. The van der Waals surface area contributed by atoms with Crippen molar-refractivity contribution in [2.45, 2.75) is 12.5 Å². The van der Waals surface area contributed by atoms with E-state index in [1.807, 2.05) is 29.3 Å². The Labute approximate surface area is 127 Å². The summed E-state index contributed by atoms with van der Waals surface area (Å²) in [5, 5.41) is 7.13. The maximum atomic E-state index is 13.1. The fourth-order valence-corrected chi connectivity index (χ4v) is 2.68. The molecule has 3 rings (SSSR count). The molecule has 5 heteroatoms. The molecule has 0 spiro atoms. The van der Waals surface area contributed by atoms with Gasteiger partial charge in [-0.05, 0) is 35.9 Å². The van der Waals surface area contributed by atoms with Crippen LogP contribution in [0.1, 0.15) is 18.0 Å². The van der Waals surface area contributed by atoms with Crippen molar-refractivity contribution in [3.8, 4) is 0 Å². The van der Waals surface area contributed by atoms with Gasteiger partial charge in [0, 0.05) is 18.0 Å². The molecule has 0 saturated heterocycles. The summed E-state index contributed by atoms with van der Waals surface area (Å²) < 4.78 is 13.1. The lowest BCUT2D eigenvalue weighted by molar-refractivity contribution is 0.624. The lowest BCUT2D eigenvalue weighted by Crippen LogP contribution is -2.18. The van der Waals surface area contributed by atoms with Gasteiger partial charge in [-0.3, -0.25) is 5.01 Å². The third kappa shape index (κ3) is 2.91. The summed E-state index contributed by atoms with van der Waals surface area (Å²) in [6.45, 7) is 0.411. The molecule has 0 aromatic heterocycles. The molecule has 0 aliphatic carbocycles. The molecule has 0 fully saturated rings. The van der Waals surface area contributed by atoms with E-state index in [4.69, 9.17) is 17.3 Å². The summed E-state index contributed by atoms with van der Waals surface area (Å²) in [5.41, 5.74) is 8.55. The van der Waals surface area contributed by atoms with Gasteiger partial charge in [0.05, 0.1) is 17.4 Å². The third-order valence-corrected chi connectivity index (χ3v) is 3.77. The Morgan fingerprint density at radius 1 is 1.24 bits per heavy atom. The second-order valence-electron chi connectivity index (χ2n) is 4.97. The zero-order chi connectivity index (χ0) is 14.8. The Hall–Kier alpha value is -1.91. The normalized spacial score (nSPS) is 18.0. The number of benzene rings is 2.